The van der Waals surface area contributed by atoms with E-state index in [4.69, 9.17) is 0 Å². The van der Waals surface area contributed by atoms with Gasteiger partial charge in [0.2, 0.25) is 0 Å². The molecule has 0 unspecified atom stereocenters. The number of nitrogens with one attached hydrogen (secondary N) is 1. The van der Waals surface area contributed by atoms with E-state index in [1.54, 1.807) is 5.57 Å². The summed E-state index contributed by atoms with van der Waals surface area (Å²) < 4.78 is 0. The molecule has 0 atom stereocenters. The van der Waals surface area contributed by atoms with E-state index in [2.05, 4.69) is 18.3 Å². The molecule has 1 aliphatic heterocycles. The van der Waals surface area contributed by atoms with E-state index < -0.39 is 0 Å². The van der Waals surface area contributed by atoms with Crippen molar-refractivity contribution in [2.45, 2.75) is 45.4 Å². The number of piperidine rings is 1. The summed E-state index contributed by atoms with van der Waals surface area (Å²) in [6.45, 7) is 4.80. The Hall–Kier alpha value is -0.300. The Labute approximate surface area is 81.6 Å². The Morgan fingerprint density at radius 1 is 1.23 bits per heavy atom. The molecule has 1 heterocycles. The minimum atomic E-state index is 0.550. The molecular formula is C12H21N. The van der Waals surface area contributed by atoms with Crippen LogP contribution in [0, 0.1) is 5.41 Å². The predicted octanol–water partition coefficient (Wildman–Crippen LogP) is 2.88. The first-order valence-corrected chi connectivity index (χ1v) is 5.70. The maximum absolute atomic E-state index is 3.46. The molecule has 2 aliphatic rings. The van der Waals surface area contributed by atoms with E-state index in [0.717, 1.165) is 6.54 Å². The summed E-state index contributed by atoms with van der Waals surface area (Å²) in [6, 6.07) is 0. The highest BCUT2D eigenvalue weighted by Crippen LogP contribution is 2.39. The van der Waals surface area contributed by atoms with Crippen LogP contribution < -0.4 is 5.32 Å². The number of allylic oxidation sites excluding steroid dienone is 1. The van der Waals surface area contributed by atoms with E-state index in [-0.39, 0.29) is 0 Å². The zero-order valence-corrected chi connectivity index (χ0v) is 8.73. The molecule has 0 spiro atoms. The summed E-state index contributed by atoms with van der Waals surface area (Å²) in [5, 5.41) is 3.46. The van der Waals surface area contributed by atoms with Crippen LogP contribution in [-0.4, -0.2) is 13.1 Å². The fraction of sp³-hybridized carbons (Fsp3) is 0.833. The summed E-state index contributed by atoms with van der Waals surface area (Å²) in [7, 11) is 0. The fourth-order valence-corrected chi connectivity index (χ4v) is 2.72. The molecular weight excluding hydrogens is 158 g/mol. The maximum atomic E-state index is 3.46. The van der Waals surface area contributed by atoms with Crippen molar-refractivity contribution in [1.82, 2.24) is 5.32 Å². The SMILES string of the molecule is CC1(/C=C2/CCCNC2)CCCC1. The van der Waals surface area contributed by atoms with Gasteiger partial charge in [-0.05, 0) is 37.6 Å². The molecule has 13 heavy (non-hydrogen) atoms. The molecule has 0 aromatic heterocycles. The third kappa shape index (κ3) is 2.34. The molecule has 1 heteroatoms. The molecule has 74 valence electrons. The van der Waals surface area contributed by atoms with E-state index in [0.29, 0.717) is 5.41 Å². The van der Waals surface area contributed by atoms with Crippen molar-refractivity contribution in [2.75, 3.05) is 13.1 Å². The van der Waals surface area contributed by atoms with Crippen LogP contribution in [0.25, 0.3) is 0 Å². The van der Waals surface area contributed by atoms with Gasteiger partial charge in [0.15, 0.2) is 0 Å². The summed E-state index contributed by atoms with van der Waals surface area (Å²) in [5.74, 6) is 0. The van der Waals surface area contributed by atoms with Crippen molar-refractivity contribution in [1.29, 1.82) is 0 Å². The average molecular weight is 179 g/mol. The number of hydrogen-bond donors (Lipinski definition) is 1. The van der Waals surface area contributed by atoms with Gasteiger partial charge in [-0.3, -0.25) is 0 Å². The van der Waals surface area contributed by atoms with Gasteiger partial charge in [-0.2, -0.15) is 0 Å². The van der Waals surface area contributed by atoms with E-state index in [1.807, 2.05) is 0 Å². The molecule has 0 aromatic rings. The van der Waals surface area contributed by atoms with Gasteiger partial charge in [-0.15, -0.1) is 0 Å². The quantitative estimate of drug-likeness (QED) is 0.610. The van der Waals surface area contributed by atoms with Gasteiger partial charge in [0, 0.05) is 6.54 Å². The van der Waals surface area contributed by atoms with Gasteiger partial charge in [-0.25, -0.2) is 0 Å². The Kier molecular flexibility index (Phi) is 2.73. The van der Waals surface area contributed by atoms with E-state index in [9.17, 15) is 0 Å². The minimum absolute atomic E-state index is 0.550. The van der Waals surface area contributed by atoms with Crippen molar-refractivity contribution in [3.8, 4) is 0 Å². The Morgan fingerprint density at radius 3 is 2.62 bits per heavy atom. The van der Waals surface area contributed by atoms with Crippen LogP contribution >= 0.6 is 0 Å². The molecule has 2 fully saturated rings. The average Bonchev–Trinajstić information content (AvgIpc) is 2.54. The molecule has 0 bridgehead atoms. The summed E-state index contributed by atoms with van der Waals surface area (Å²) in [5.41, 5.74) is 2.21. The zero-order valence-electron chi connectivity index (χ0n) is 8.73. The summed E-state index contributed by atoms with van der Waals surface area (Å²) in [6.07, 6.45) is 10.9. The van der Waals surface area contributed by atoms with Gasteiger partial charge in [0.05, 0.1) is 0 Å². The van der Waals surface area contributed by atoms with Crippen LogP contribution in [0.3, 0.4) is 0 Å². The molecule has 1 N–H and O–H groups in total. The van der Waals surface area contributed by atoms with Crippen LogP contribution in [0.5, 0.6) is 0 Å². The highest BCUT2D eigenvalue weighted by atomic mass is 14.9. The standard InChI is InChI=1S/C12H21N/c1-12(6-2-3-7-12)9-11-5-4-8-13-10-11/h9,13H,2-8,10H2,1H3/b11-9-. The lowest BCUT2D eigenvalue weighted by Gasteiger charge is -2.23. The molecule has 0 aromatic carbocycles. The highest BCUT2D eigenvalue weighted by Gasteiger charge is 2.26. The van der Waals surface area contributed by atoms with Crippen LogP contribution in [-0.2, 0) is 0 Å². The maximum Gasteiger partial charge on any atom is 0.0164 e. The normalized spacial score (nSPS) is 31.0. The Balaban J connectivity index is 1.99. The summed E-state index contributed by atoms with van der Waals surface area (Å²) in [4.78, 5) is 0. The molecule has 2 rings (SSSR count). The molecule has 1 saturated carbocycles. The fourth-order valence-electron chi connectivity index (χ4n) is 2.72. The minimum Gasteiger partial charge on any atom is -0.313 e. The lowest BCUT2D eigenvalue weighted by atomic mass is 9.85. The second-order valence-electron chi connectivity index (χ2n) is 4.94. The van der Waals surface area contributed by atoms with Crippen molar-refractivity contribution < 1.29 is 0 Å². The first-order valence-electron chi connectivity index (χ1n) is 5.70. The second-order valence-corrected chi connectivity index (χ2v) is 4.94. The Bertz CT molecular complexity index is 191. The lowest BCUT2D eigenvalue weighted by molar-refractivity contribution is 0.436. The van der Waals surface area contributed by atoms with Crippen molar-refractivity contribution in [3.05, 3.63) is 11.6 Å². The monoisotopic (exact) mass is 179 g/mol. The molecule has 1 aliphatic carbocycles. The second kappa shape index (κ2) is 3.83. The molecule has 0 amide bonds. The van der Waals surface area contributed by atoms with Crippen LogP contribution in [0.1, 0.15) is 45.4 Å². The van der Waals surface area contributed by atoms with Crippen molar-refractivity contribution in [2.24, 2.45) is 5.41 Å². The van der Waals surface area contributed by atoms with Gasteiger partial charge in [-0.1, -0.05) is 31.4 Å². The molecule has 1 saturated heterocycles. The smallest absolute Gasteiger partial charge is 0.0164 e. The van der Waals surface area contributed by atoms with Gasteiger partial charge < -0.3 is 5.32 Å². The van der Waals surface area contributed by atoms with Crippen LogP contribution in [0.2, 0.25) is 0 Å². The van der Waals surface area contributed by atoms with Gasteiger partial charge in [0.1, 0.15) is 0 Å². The lowest BCUT2D eigenvalue weighted by Crippen LogP contribution is -2.25. The largest absolute Gasteiger partial charge is 0.313 e. The highest BCUT2D eigenvalue weighted by molar-refractivity contribution is 5.13. The van der Waals surface area contributed by atoms with Crippen molar-refractivity contribution in [3.63, 3.8) is 0 Å². The van der Waals surface area contributed by atoms with E-state index in [1.165, 1.54) is 45.1 Å². The van der Waals surface area contributed by atoms with Gasteiger partial charge in [0.25, 0.3) is 0 Å². The van der Waals surface area contributed by atoms with Crippen LogP contribution in [0.15, 0.2) is 11.6 Å². The predicted molar refractivity (Wildman–Crippen MR) is 56.8 cm³/mol. The van der Waals surface area contributed by atoms with Crippen LogP contribution in [0.4, 0.5) is 0 Å². The van der Waals surface area contributed by atoms with Gasteiger partial charge >= 0.3 is 0 Å². The number of rotatable bonds is 1. The third-order valence-corrected chi connectivity index (χ3v) is 3.50. The number of hydrogen-bond acceptors (Lipinski definition) is 1. The molecule has 0 radical (unpaired) electrons. The zero-order chi connectivity index (χ0) is 9.15. The first-order chi connectivity index (χ1) is 6.29. The first kappa shape index (κ1) is 9.26. The Morgan fingerprint density at radius 2 is 2.00 bits per heavy atom. The topological polar surface area (TPSA) is 12.0 Å². The third-order valence-electron chi connectivity index (χ3n) is 3.50. The van der Waals surface area contributed by atoms with Crippen molar-refractivity contribution >= 4 is 0 Å². The molecule has 1 nitrogen and oxygen atoms in total. The van der Waals surface area contributed by atoms with E-state index >= 15 is 0 Å². The summed E-state index contributed by atoms with van der Waals surface area (Å²) >= 11 is 0.